The molecule has 0 fully saturated rings. The number of hydrogen-bond acceptors (Lipinski definition) is 6. The zero-order chi connectivity index (χ0) is 18.5. The Hall–Kier alpha value is -2.93. The van der Waals surface area contributed by atoms with Crippen molar-refractivity contribution in [3.05, 3.63) is 60.2 Å². The van der Waals surface area contributed by atoms with E-state index in [1.165, 1.54) is 17.5 Å². The van der Waals surface area contributed by atoms with E-state index in [-0.39, 0.29) is 6.04 Å². The third kappa shape index (κ3) is 3.83. The molecule has 0 aliphatic carbocycles. The van der Waals surface area contributed by atoms with Crippen LogP contribution in [0.4, 0.5) is 11.5 Å². The molecule has 2 aromatic heterocycles. The molecular formula is C19H25N7. The summed E-state index contributed by atoms with van der Waals surface area (Å²) < 4.78 is 1.63. The van der Waals surface area contributed by atoms with Crippen molar-refractivity contribution in [2.24, 2.45) is 0 Å². The Balaban J connectivity index is 1.78. The van der Waals surface area contributed by atoms with Crippen LogP contribution in [0.2, 0.25) is 0 Å². The molecule has 1 aromatic carbocycles. The highest BCUT2D eigenvalue weighted by Crippen LogP contribution is 2.24. The molecule has 3 aromatic rings. The van der Waals surface area contributed by atoms with Crippen LogP contribution in [0.1, 0.15) is 24.1 Å². The fraction of sp³-hybridized carbons (Fsp3) is 0.316. The van der Waals surface area contributed by atoms with E-state index in [2.05, 4.69) is 70.6 Å². The van der Waals surface area contributed by atoms with Gasteiger partial charge in [-0.15, -0.1) is 0 Å². The van der Waals surface area contributed by atoms with Crippen LogP contribution < -0.4 is 11.1 Å². The quantitative estimate of drug-likeness (QED) is 0.680. The highest BCUT2D eigenvalue weighted by molar-refractivity contribution is 5.68. The third-order valence-corrected chi connectivity index (χ3v) is 4.44. The van der Waals surface area contributed by atoms with Crippen LogP contribution in [0.15, 0.2) is 49.1 Å². The van der Waals surface area contributed by atoms with E-state index < -0.39 is 0 Å². The van der Waals surface area contributed by atoms with Crippen LogP contribution in [-0.4, -0.2) is 45.3 Å². The Labute approximate surface area is 153 Å². The van der Waals surface area contributed by atoms with Crippen molar-refractivity contribution in [3.8, 4) is 5.82 Å². The highest BCUT2D eigenvalue weighted by Gasteiger charge is 2.16. The average molecular weight is 351 g/mol. The smallest absolute Gasteiger partial charge is 0.181 e. The van der Waals surface area contributed by atoms with Crippen LogP contribution in [0.5, 0.6) is 0 Å². The van der Waals surface area contributed by atoms with Crippen molar-refractivity contribution in [3.63, 3.8) is 0 Å². The molecule has 3 N–H and O–H groups in total. The molecule has 136 valence electrons. The standard InChI is InChI=1S/C19H25N7/c1-4-14-6-8-15(9-7-14)16(25(2)3)12-21-18-17(20)19(23-13-22-18)26-11-5-10-24-26/h5-11,13,16H,4,12,20H2,1-3H3,(H,21,22,23). The lowest BCUT2D eigenvalue weighted by Crippen LogP contribution is -2.27. The van der Waals surface area contributed by atoms with Gasteiger partial charge < -0.3 is 16.0 Å². The molecule has 0 saturated carbocycles. The first-order valence-corrected chi connectivity index (χ1v) is 8.69. The van der Waals surface area contributed by atoms with Gasteiger partial charge in [-0.2, -0.15) is 5.10 Å². The minimum atomic E-state index is 0.198. The van der Waals surface area contributed by atoms with Gasteiger partial charge in [-0.1, -0.05) is 31.2 Å². The van der Waals surface area contributed by atoms with E-state index >= 15 is 0 Å². The van der Waals surface area contributed by atoms with Gasteiger partial charge in [0.15, 0.2) is 11.6 Å². The molecule has 1 atom stereocenters. The molecule has 0 amide bonds. The van der Waals surface area contributed by atoms with Gasteiger partial charge in [0.1, 0.15) is 12.0 Å². The first-order chi connectivity index (χ1) is 12.6. The molecule has 1 unspecified atom stereocenters. The second kappa shape index (κ2) is 7.97. The molecule has 0 bridgehead atoms. The summed E-state index contributed by atoms with van der Waals surface area (Å²) in [6.45, 7) is 2.84. The number of rotatable bonds is 7. The number of nitrogens with one attached hydrogen (secondary N) is 1. The van der Waals surface area contributed by atoms with E-state index in [1.807, 2.05) is 6.07 Å². The van der Waals surface area contributed by atoms with Crippen LogP contribution >= 0.6 is 0 Å². The molecule has 7 nitrogen and oxygen atoms in total. The van der Waals surface area contributed by atoms with Crippen molar-refractivity contribution in [2.75, 3.05) is 31.7 Å². The lowest BCUT2D eigenvalue weighted by molar-refractivity contribution is 0.311. The highest BCUT2D eigenvalue weighted by atomic mass is 15.3. The Morgan fingerprint density at radius 2 is 1.96 bits per heavy atom. The summed E-state index contributed by atoms with van der Waals surface area (Å²) in [5.41, 5.74) is 9.32. The second-order valence-corrected chi connectivity index (χ2v) is 6.37. The summed E-state index contributed by atoms with van der Waals surface area (Å²) >= 11 is 0. The lowest BCUT2D eigenvalue weighted by atomic mass is 10.0. The van der Waals surface area contributed by atoms with Crippen molar-refractivity contribution >= 4 is 11.5 Å². The molecular weight excluding hydrogens is 326 g/mol. The number of hydrogen-bond donors (Lipinski definition) is 2. The molecule has 0 aliphatic rings. The van der Waals surface area contributed by atoms with Gasteiger partial charge in [0, 0.05) is 18.9 Å². The summed E-state index contributed by atoms with van der Waals surface area (Å²) in [4.78, 5) is 10.7. The zero-order valence-electron chi connectivity index (χ0n) is 15.4. The fourth-order valence-corrected chi connectivity index (χ4v) is 2.87. The number of nitrogens with zero attached hydrogens (tertiary/aromatic N) is 5. The van der Waals surface area contributed by atoms with Crippen LogP contribution in [0, 0.1) is 0 Å². The second-order valence-electron chi connectivity index (χ2n) is 6.37. The number of benzene rings is 1. The molecule has 3 rings (SSSR count). The number of anilines is 2. The maximum absolute atomic E-state index is 6.25. The number of aromatic nitrogens is 4. The molecule has 7 heteroatoms. The third-order valence-electron chi connectivity index (χ3n) is 4.44. The maximum Gasteiger partial charge on any atom is 0.181 e. The van der Waals surface area contributed by atoms with Gasteiger partial charge in [-0.3, -0.25) is 0 Å². The Morgan fingerprint density at radius 3 is 2.58 bits per heavy atom. The van der Waals surface area contributed by atoms with E-state index in [1.54, 1.807) is 17.1 Å². The fourth-order valence-electron chi connectivity index (χ4n) is 2.87. The van der Waals surface area contributed by atoms with E-state index in [0.717, 1.165) is 6.42 Å². The van der Waals surface area contributed by atoms with Crippen molar-refractivity contribution in [2.45, 2.75) is 19.4 Å². The van der Waals surface area contributed by atoms with E-state index in [4.69, 9.17) is 5.73 Å². The minimum Gasteiger partial charge on any atom is -0.393 e. The monoisotopic (exact) mass is 351 g/mol. The predicted molar refractivity (Wildman–Crippen MR) is 104 cm³/mol. The van der Waals surface area contributed by atoms with Crippen LogP contribution in [0.3, 0.4) is 0 Å². The van der Waals surface area contributed by atoms with Gasteiger partial charge in [-0.05, 0) is 37.7 Å². The van der Waals surface area contributed by atoms with Gasteiger partial charge in [-0.25, -0.2) is 14.6 Å². The molecule has 0 saturated heterocycles. The van der Waals surface area contributed by atoms with Gasteiger partial charge in [0.2, 0.25) is 0 Å². The summed E-state index contributed by atoms with van der Waals surface area (Å²) in [5.74, 6) is 1.18. The summed E-state index contributed by atoms with van der Waals surface area (Å²) in [5, 5.41) is 7.55. The summed E-state index contributed by atoms with van der Waals surface area (Å²) in [6.07, 6.45) is 6.03. The molecule has 0 aliphatic heterocycles. The summed E-state index contributed by atoms with van der Waals surface area (Å²) in [7, 11) is 4.14. The predicted octanol–water partition coefficient (Wildman–Crippen LogP) is 2.52. The molecule has 0 spiro atoms. The topological polar surface area (TPSA) is 84.9 Å². The van der Waals surface area contributed by atoms with Gasteiger partial charge in [0.05, 0.1) is 6.04 Å². The maximum atomic E-state index is 6.25. The lowest BCUT2D eigenvalue weighted by Gasteiger charge is -2.26. The Morgan fingerprint density at radius 1 is 1.19 bits per heavy atom. The number of likely N-dealkylation sites (N-methyl/N-ethyl adjacent to an activating group) is 1. The SMILES string of the molecule is CCc1ccc(C(CNc2ncnc(-n3cccn3)c2N)N(C)C)cc1. The Bertz CT molecular complexity index is 826. The average Bonchev–Trinajstić information content (AvgIpc) is 3.18. The van der Waals surface area contributed by atoms with E-state index in [0.29, 0.717) is 23.9 Å². The zero-order valence-corrected chi connectivity index (χ0v) is 15.4. The van der Waals surface area contributed by atoms with Crippen molar-refractivity contribution in [1.82, 2.24) is 24.6 Å². The van der Waals surface area contributed by atoms with Crippen LogP contribution in [-0.2, 0) is 6.42 Å². The number of aryl methyl sites for hydroxylation is 1. The van der Waals surface area contributed by atoms with Crippen LogP contribution in [0.25, 0.3) is 5.82 Å². The minimum absolute atomic E-state index is 0.198. The van der Waals surface area contributed by atoms with Crippen molar-refractivity contribution < 1.29 is 0 Å². The largest absolute Gasteiger partial charge is 0.393 e. The van der Waals surface area contributed by atoms with Gasteiger partial charge >= 0.3 is 0 Å². The molecule has 2 heterocycles. The normalized spacial score (nSPS) is 12.3. The first-order valence-electron chi connectivity index (χ1n) is 8.69. The summed E-state index contributed by atoms with van der Waals surface area (Å²) in [6, 6.07) is 10.8. The molecule has 0 radical (unpaired) electrons. The number of nitrogens with two attached hydrogens (primary N) is 1. The number of nitrogen functional groups attached to an aromatic ring is 1. The van der Waals surface area contributed by atoms with E-state index in [9.17, 15) is 0 Å². The first kappa shape index (κ1) is 17.9. The van der Waals surface area contributed by atoms with Crippen molar-refractivity contribution in [1.29, 1.82) is 0 Å². The molecule has 26 heavy (non-hydrogen) atoms. The Kier molecular flexibility index (Phi) is 5.48. The van der Waals surface area contributed by atoms with Gasteiger partial charge in [0.25, 0.3) is 0 Å².